The zero-order chi connectivity index (χ0) is 21.6. The fourth-order valence-electron chi connectivity index (χ4n) is 5.05. The molecule has 0 spiro atoms. The van der Waals surface area contributed by atoms with Gasteiger partial charge in [-0.1, -0.05) is 18.6 Å². The van der Waals surface area contributed by atoms with Crippen LogP contribution >= 0.6 is 24.0 Å². The van der Waals surface area contributed by atoms with Gasteiger partial charge in [0.15, 0.2) is 5.96 Å². The van der Waals surface area contributed by atoms with E-state index in [0.29, 0.717) is 17.7 Å². The van der Waals surface area contributed by atoms with Gasteiger partial charge in [-0.15, -0.1) is 24.0 Å². The van der Waals surface area contributed by atoms with Gasteiger partial charge < -0.3 is 15.1 Å². The second-order valence-corrected chi connectivity index (χ2v) is 8.95. The first-order valence-corrected chi connectivity index (χ1v) is 11.8. The van der Waals surface area contributed by atoms with Crippen LogP contribution in [-0.2, 0) is 0 Å². The van der Waals surface area contributed by atoms with Crippen LogP contribution in [0.2, 0.25) is 0 Å². The highest BCUT2D eigenvalue weighted by Gasteiger charge is 2.34. The maximum atomic E-state index is 12.4. The van der Waals surface area contributed by atoms with E-state index in [9.17, 15) is 9.59 Å². The van der Waals surface area contributed by atoms with Gasteiger partial charge in [0.05, 0.1) is 11.1 Å². The predicted molar refractivity (Wildman–Crippen MR) is 138 cm³/mol. The van der Waals surface area contributed by atoms with Crippen molar-refractivity contribution in [2.24, 2.45) is 10.9 Å². The number of guanidine groups is 1. The molecule has 2 fully saturated rings. The largest absolute Gasteiger partial charge is 0.356 e. The van der Waals surface area contributed by atoms with Crippen molar-refractivity contribution in [3.05, 3.63) is 35.4 Å². The van der Waals surface area contributed by atoms with Gasteiger partial charge in [0.1, 0.15) is 0 Å². The molecule has 2 amide bonds. The van der Waals surface area contributed by atoms with Crippen LogP contribution in [-0.4, -0.2) is 85.3 Å². The number of carbonyl (C=O) groups is 2. The number of likely N-dealkylation sites (tertiary alicyclic amines) is 2. The summed E-state index contributed by atoms with van der Waals surface area (Å²) in [6.45, 7) is 7.14. The fourth-order valence-corrected chi connectivity index (χ4v) is 5.05. The first-order valence-electron chi connectivity index (χ1n) is 11.8. The Morgan fingerprint density at radius 1 is 1.03 bits per heavy atom. The van der Waals surface area contributed by atoms with Crippen LogP contribution in [0, 0.1) is 5.92 Å². The molecule has 7 nitrogen and oxygen atoms in total. The van der Waals surface area contributed by atoms with E-state index >= 15 is 0 Å². The lowest BCUT2D eigenvalue weighted by molar-refractivity contribution is 0.0652. The van der Waals surface area contributed by atoms with E-state index in [1.165, 1.54) is 50.2 Å². The van der Waals surface area contributed by atoms with Crippen LogP contribution in [0.1, 0.15) is 59.2 Å². The van der Waals surface area contributed by atoms with E-state index in [0.717, 1.165) is 44.4 Å². The van der Waals surface area contributed by atoms with Gasteiger partial charge in [-0.2, -0.15) is 0 Å². The number of aliphatic imine (C=N–C) groups is 1. The number of carbonyl (C=O) groups excluding carboxylic acids is 2. The number of nitrogens with one attached hydrogen (secondary N) is 1. The Balaban J connectivity index is 0.00000289. The highest BCUT2D eigenvalue weighted by molar-refractivity contribution is 14.0. The Morgan fingerprint density at radius 2 is 1.72 bits per heavy atom. The lowest BCUT2D eigenvalue weighted by atomic mass is 10.1. The average molecular weight is 553 g/mol. The normalized spacial score (nSPS) is 21.7. The van der Waals surface area contributed by atoms with Crippen molar-refractivity contribution < 1.29 is 9.59 Å². The van der Waals surface area contributed by atoms with Crippen molar-refractivity contribution >= 4 is 41.8 Å². The Labute approximate surface area is 208 Å². The third-order valence-corrected chi connectivity index (χ3v) is 6.73. The van der Waals surface area contributed by atoms with Gasteiger partial charge in [0.2, 0.25) is 0 Å². The van der Waals surface area contributed by atoms with E-state index in [1.807, 2.05) is 7.05 Å². The molecule has 1 aromatic carbocycles. The molecule has 0 radical (unpaired) electrons. The van der Waals surface area contributed by atoms with Gasteiger partial charge in [-0.3, -0.25) is 19.5 Å². The number of halogens is 1. The van der Waals surface area contributed by atoms with Crippen LogP contribution in [0.15, 0.2) is 29.3 Å². The SMILES string of the molecule is CN=C(NCCCCN1C(=O)c2ccccc2C1=O)N1CCC(CN2CCCCC2)C1.I. The van der Waals surface area contributed by atoms with E-state index in [4.69, 9.17) is 0 Å². The maximum Gasteiger partial charge on any atom is 0.261 e. The van der Waals surface area contributed by atoms with Gasteiger partial charge >= 0.3 is 0 Å². The molecule has 0 bridgehead atoms. The molecule has 0 aromatic heterocycles. The third kappa shape index (κ3) is 5.81. The molecule has 0 saturated carbocycles. The molecular weight excluding hydrogens is 517 g/mol. The summed E-state index contributed by atoms with van der Waals surface area (Å²) in [7, 11) is 1.85. The molecule has 32 heavy (non-hydrogen) atoms. The van der Waals surface area contributed by atoms with Crippen molar-refractivity contribution in [2.75, 3.05) is 52.9 Å². The van der Waals surface area contributed by atoms with Crippen LogP contribution < -0.4 is 5.32 Å². The summed E-state index contributed by atoms with van der Waals surface area (Å²) in [5.41, 5.74) is 1.05. The molecule has 3 aliphatic heterocycles. The minimum absolute atomic E-state index is 0. The highest BCUT2D eigenvalue weighted by atomic mass is 127. The summed E-state index contributed by atoms with van der Waals surface area (Å²) >= 11 is 0. The zero-order valence-corrected chi connectivity index (χ0v) is 21.4. The maximum absolute atomic E-state index is 12.4. The number of rotatable bonds is 7. The Hall–Kier alpha value is -1.68. The smallest absolute Gasteiger partial charge is 0.261 e. The van der Waals surface area contributed by atoms with Gasteiger partial charge in [0.25, 0.3) is 11.8 Å². The molecule has 3 heterocycles. The molecule has 1 aromatic rings. The summed E-state index contributed by atoms with van der Waals surface area (Å²) in [5, 5.41) is 3.47. The topological polar surface area (TPSA) is 68.2 Å². The lowest BCUT2D eigenvalue weighted by Crippen LogP contribution is -2.41. The summed E-state index contributed by atoms with van der Waals surface area (Å²) < 4.78 is 0. The number of benzene rings is 1. The molecule has 1 unspecified atom stereocenters. The van der Waals surface area contributed by atoms with E-state index in [2.05, 4.69) is 20.1 Å². The highest BCUT2D eigenvalue weighted by Crippen LogP contribution is 2.23. The lowest BCUT2D eigenvalue weighted by Gasteiger charge is -2.29. The zero-order valence-electron chi connectivity index (χ0n) is 19.1. The first-order chi connectivity index (χ1) is 15.2. The number of fused-ring (bicyclic) bond motifs is 1. The second-order valence-electron chi connectivity index (χ2n) is 8.95. The standard InChI is InChI=1S/C24H35N5O2.HI/c1-25-24(28-16-11-19(18-28)17-27-13-6-2-7-14-27)26-12-5-8-15-29-22(30)20-9-3-4-10-21(20)23(29)31;/h3-4,9-10,19H,2,5-8,11-18H2,1H3,(H,25,26);1H. The monoisotopic (exact) mass is 553 g/mol. The molecule has 3 aliphatic rings. The van der Waals surface area contributed by atoms with Crippen molar-refractivity contribution in [3.63, 3.8) is 0 Å². The van der Waals surface area contributed by atoms with Crippen molar-refractivity contribution in [1.29, 1.82) is 0 Å². The first kappa shape index (κ1) is 25.0. The minimum atomic E-state index is -0.166. The molecule has 4 rings (SSSR count). The molecule has 176 valence electrons. The van der Waals surface area contributed by atoms with Crippen molar-refractivity contribution in [3.8, 4) is 0 Å². The van der Waals surface area contributed by atoms with Gasteiger partial charge in [0, 0.05) is 39.8 Å². The Bertz CT molecular complexity index is 789. The Morgan fingerprint density at radius 3 is 2.38 bits per heavy atom. The number of amides is 2. The number of unbranched alkanes of at least 4 members (excludes halogenated alkanes) is 1. The van der Waals surface area contributed by atoms with Crippen LogP contribution in [0.5, 0.6) is 0 Å². The van der Waals surface area contributed by atoms with Crippen molar-refractivity contribution in [2.45, 2.75) is 38.5 Å². The summed E-state index contributed by atoms with van der Waals surface area (Å²) in [5.74, 6) is 1.37. The molecule has 8 heteroatoms. The van der Waals surface area contributed by atoms with Gasteiger partial charge in [-0.05, 0) is 63.2 Å². The average Bonchev–Trinajstić information content (AvgIpc) is 3.35. The molecule has 2 saturated heterocycles. The molecule has 1 N–H and O–H groups in total. The number of nitrogens with zero attached hydrogens (tertiary/aromatic N) is 4. The predicted octanol–water partition coefficient (Wildman–Crippen LogP) is 3.06. The second kappa shape index (κ2) is 12.0. The summed E-state index contributed by atoms with van der Waals surface area (Å²) in [4.78, 5) is 35.7. The number of hydrogen-bond donors (Lipinski definition) is 1. The third-order valence-electron chi connectivity index (χ3n) is 6.73. The summed E-state index contributed by atoms with van der Waals surface area (Å²) in [6, 6.07) is 7.07. The summed E-state index contributed by atoms with van der Waals surface area (Å²) in [6.07, 6.45) is 6.99. The van der Waals surface area contributed by atoms with Crippen LogP contribution in [0.25, 0.3) is 0 Å². The van der Waals surface area contributed by atoms with Crippen LogP contribution in [0.4, 0.5) is 0 Å². The minimum Gasteiger partial charge on any atom is -0.356 e. The van der Waals surface area contributed by atoms with E-state index < -0.39 is 0 Å². The van der Waals surface area contributed by atoms with E-state index in [1.54, 1.807) is 24.3 Å². The molecule has 1 atom stereocenters. The van der Waals surface area contributed by atoms with Crippen molar-refractivity contribution in [1.82, 2.24) is 20.0 Å². The Kier molecular flexibility index (Phi) is 9.34. The number of imide groups is 1. The quantitative estimate of drug-likeness (QED) is 0.185. The number of piperidine rings is 1. The van der Waals surface area contributed by atoms with Gasteiger partial charge in [-0.25, -0.2) is 0 Å². The molecule has 0 aliphatic carbocycles. The van der Waals surface area contributed by atoms with Crippen LogP contribution in [0.3, 0.4) is 0 Å². The van der Waals surface area contributed by atoms with E-state index in [-0.39, 0.29) is 35.8 Å². The number of hydrogen-bond acceptors (Lipinski definition) is 4. The molecular formula is C24H36IN5O2. The fraction of sp³-hybridized carbons (Fsp3) is 0.625.